The van der Waals surface area contributed by atoms with Crippen molar-refractivity contribution in [3.05, 3.63) is 64.7 Å². The molecule has 3 aromatic rings. The molecule has 160 valence electrons. The number of halogens is 1. The third-order valence-electron chi connectivity index (χ3n) is 6.21. The fourth-order valence-corrected chi connectivity index (χ4v) is 4.68. The van der Waals surface area contributed by atoms with Crippen LogP contribution < -0.4 is 15.0 Å². The van der Waals surface area contributed by atoms with Gasteiger partial charge in [-0.25, -0.2) is 0 Å². The molecular weight excluding hydrogens is 410 g/mol. The van der Waals surface area contributed by atoms with Gasteiger partial charge < -0.3 is 19.9 Å². The number of hydrogen-bond donors (Lipinski definition) is 1. The summed E-state index contributed by atoms with van der Waals surface area (Å²) in [5.74, 6) is 0.884. The standard InChI is InChI=1S/C25H26ClN3O2/c1-28-8-10-29(11-9-28)24-4-2-3-17-5-6-20(15-21(17)24)31-12-7-18-13-19-14-25(30)27-23(19)16-22(18)26/h2-6,13,15-16H,7-12,14H2,1H3,(H,27,30). The Morgan fingerprint density at radius 3 is 2.74 bits per heavy atom. The van der Waals surface area contributed by atoms with Gasteiger partial charge in [-0.3, -0.25) is 4.79 Å². The van der Waals surface area contributed by atoms with E-state index in [9.17, 15) is 4.79 Å². The van der Waals surface area contributed by atoms with Crippen molar-refractivity contribution in [1.29, 1.82) is 0 Å². The summed E-state index contributed by atoms with van der Waals surface area (Å²) in [5, 5.41) is 5.96. The minimum Gasteiger partial charge on any atom is -0.493 e. The number of likely N-dealkylation sites (N-methyl/N-ethyl adjacent to an activating group) is 1. The molecule has 0 spiro atoms. The Hall–Kier alpha value is -2.76. The highest BCUT2D eigenvalue weighted by molar-refractivity contribution is 6.32. The monoisotopic (exact) mass is 435 g/mol. The van der Waals surface area contributed by atoms with Crippen molar-refractivity contribution >= 4 is 39.7 Å². The van der Waals surface area contributed by atoms with Gasteiger partial charge in [-0.15, -0.1) is 0 Å². The van der Waals surface area contributed by atoms with Crippen LogP contribution in [-0.2, 0) is 17.6 Å². The number of amides is 1. The summed E-state index contributed by atoms with van der Waals surface area (Å²) in [6.45, 7) is 4.76. The van der Waals surface area contributed by atoms with Gasteiger partial charge in [0.2, 0.25) is 5.91 Å². The van der Waals surface area contributed by atoms with Crippen LogP contribution in [0, 0.1) is 0 Å². The minimum atomic E-state index is 0.0202. The maximum absolute atomic E-state index is 11.6. The van der Waals surface area contributed by atoms with Crippen LogP contribution in [0.1, 0.15) is 11.1 Å². The van der Waals surface area contributed by atoms with Gasteiger partial charge in [0.05, 0.1) is 13.0 Å². The summed E-state index contributed by atoms with van der Waals surface area (Å²) in [6, 6.07) is 16.7. The number of piperazine rings is 1. The number of carbonyl (C=O) groups excluding carboxylic acids is 1. The van der Waals surface area contributed by atoms with Gasteiger partial charge in [-0.2, -0.15) is 0 Å². The first-order valence-electron chi connectivity index (χ1n) is 10.8. The van der Waals surface area contributed by atoms with Crippen molar-refractivity contribution in [1.82, 2.24) is 4.90 Å². The Kier molecular flexibility index (Phi) is 5.47. The molecule has 0 radical (unpaired) electrons. The molecule has 5 rings (SSSR count). The molecule has 1 saturated heterocycles. The highest BCUT2D eigenvalue weighted by Gasteiger charge is 2.20. The number of ether oxygens (including phenoxy) is 1. The van der Waals surface area contributed by atoms with Gasteiger partial charge in [0.1, 0.15) is 5.75 Å². The molecule has 5 nitrogen and oxygen atoms in total. The second kappa shape index (κ2) is 8.40. The molecule has 3 aromatic carbocycles. The van der Waals surface area contributed by atoms with Gasteiger partial charge in [-0.05, 0) is 47.8 Å². The smallest absolute Gasteiger partial charge is 0.228 e. The third kappa shape index (κ3) is 4.21. The van der Waals surface area contributed by atoms with Crippen molar-refractivity contribution < 1.29 is 9.53 Å². The molecule has 6 heteroatoms. The van der Waals surface area contributed by atoms with Crippen LogP contribution in [0.2, 0.25) is 5.02 Å². The van der Waals surface area contributed by atoms with Crippen LogP contribution in [0.25, 0.3) is 10.8 Å². The molecule has 0 bridgehead atoms. The van der Waals surface area contributed by atoms with E-state index < -0.39 is 0 Å². The van der Waals surface area contributed by atoms with Gasteiger partial charge in [0.15, 0.2) is 0 Å². The number of carbonyl (C=O) groups is 1. The third-order valence-corrected chi connectivity index (χ3v) is 6.56. The molecule has 0 saturated carbocycles. The Morgan fingerprint density at radius 2 is 1.90 bits per heavy atom. The lowest BCUT2D eigenvalue weighted by Crippen LogP contribution is -2.44. The van der Waals surface area contributed by atoms with Crippen LogP contribution in [0.15, 0.2) is 48.5 Å². The van der Waals surface area contributed by atoms with Gasteiger partial charge in [0.25, 0.3) is 0 Å². The molecule has 1 fully saturated rings. The van der Waals surface area contributed by atoms with E-state index in [0.717, 1.165) is 48.7 Å². The summed E-state index contributed by atoms with van der Waals surface area (Å²) >= 11 is 6.42. The maximum atomic E-state index is 11.6. The van der Waals surface area contributed by atoms with E-state index in [1.165, 1.54) is 16.5 Å². The van der Waals surface area contributed by atoms with Crippen LogP contribution >= 0.6 is 11.6 Å². The largest absolute Gasteiger partial charge is 0.493 e. The first kappa shape index (κ1) is 20.2. The fraction of sp³-hybridized carbons (Fsp3) is 0.320. The predicted octanol–water partition coefficient (Wildman–Crippen LogP) is 4.36. The van der Waals surface area contributed by atoms with E-state index in [0.29, 0.717) is 24.5 Å². The molecule has 0 aromatic heterocycles. The van der Waals surface area contributed by atoms with Crippen LogP contribution in [-0.4, -0.2) is 50.6 Å². The van der Waals surface area contributed by atoms with E-state index in [4.69, 9.17) is 16.3 Å². The number of nitrogens with zero attached hydrogens (tertiary/aromatic N) is 2. The van der Waals surface area contributed by atoms with Gasteiger partial charge in [0, 0.05) is 54.4 Å². The molecule has 1 N–H and O–H groups in total. The molecule has 2 aliphatic heterocycles. The van der Waals surface area contributed by atoms with Crippen molar-refractivity contribution in [3.8, 4) is 5.75 Å². The number of rotatable bonds is 5. The lowest BCUT2D eigenvalue weighted by atomic mass is 10.1. The van der Waals surface area contributed by atoms with Crippen molar-refractivity contribution in [2.45, 2.75) is 12.8 Å². The summed E-state index contributed by atoms with van der Waals surface area (Å²) < 4.78 is 6.10. The molecule has 1 amide bonds. The second-order valence-corrected chi connectivity index (χ2v) is 8.78. The molecule has 0 unspecified atom stereocenters. The van der Waals surface area contributed by atoms with Crippen LogP contribution in [0.5, 0.6) is 5.75 Å². The first-order chi connectivity index (χ1) is 15.1. The number of fused-ring (bicyclic) bond motifs is 2. The summed E-state index contributed by atoms with van der Waals surface area (Å²) in [6.07, 6.45) is 1.11. The van der Waals surface area contributed by atoms with E-state index in [1.807, 2.05) is 18.2 Å². The number of benzene rings is 3. The average molecular weight is 436 g/mol. The Morgan fingerprint density at radius 1 is 1.06 bits per heavy atom. The fourth-order valence-electron chi connectivity index (χ4n) is 4.42. The van der Waals surface area contributed by atoms with Crippen LogP contribution in [0.3, 0.4) is 0 Å². The normalized spacial score (nSPS) is 16.5. The molecule has 2 aliphatic rings. The van der Waals surface area contributed by atoms with Crippen molar-refractivity contribution in [2.75, 3.05) is 50.1 Å². The number of anilines is 2. The predicted molar refractivity (Wildman–Crippen MR) is 127 cm³/mol. The van der Waals surface area contributed by atoms with E-state index in [1.54, 1.807) is 0 Å². The van der Waals surface area contributed by atoms with E-state index in [2.05, 4.69) is 52.5 Å². The Bertz CT molecular complexity index is 1140. The molecular formula is C25H26ClN3O2. The summed E-state index contributed by atoms with van der Waals surface area (Å²) in [4.78, 5) is 16.4. The lowest BCUT2D eigenvalue weighted by Gasteiger charge is -2.34. The molecule has 0 aliphatic carbocycles. The van der Waals surface area contributed by atoms with Crippen LogP contribution in [0.4, 0.5) is 11.4 Å². The topological polar surface area (TPSA) is 44.8 Å². The Balaban J connectivity index is 1.31. The molecule has 31 heavy (non-hydrogen) atoms. The van der Waals surface area contributed by atoms with Crippen molar-refractivity contribution in [3.63, 3.8) is 0 Å². The summed E-state index contributed by atoms with van der Waals surface area (Å²) in [5.41, 5.74) is 4.11. The van der Waals surface area contributed by atoms with Gasteiger partial charge >= 0.3 is 0 Å². The summed E-state index contributed by atoms with van der Waals surface area (Å²) in [7, 11) is 2.17. The molecule has 0 atom stereocenters. The van der Waals surface area contributed by atoms with E-state index in [-0.39, 0.29) is 5.91 Å². The second-order valence-electron chi connectivity index (χ2n) is 8.37. The maximum Gasteiger partial charge on any atom is 0.228 e. The average Bonchev–Trinajstić information content (AvgIpc) is 3.12. The van der Waals surface area contributed by atoms with E-state index >= 15 is 0 Å². The van der Waals surface area contributed by atoms with Crippen molar-refractivity contribution in [2.24, 2.45) is 0 Å². The molecule has 2 heterocycles. The lowest BCUT2D eigenvalue weighted by molar-refractivity contribution is -0.115. The zero-order chi connectivity index (χ0) is 21.4. The van der Waals surface area contributed by atoms with Gasteiger partial charge in [-0.1, -0.05) is 35.9 Å². The number of hydrogen-bond acceptors (Lipinski definition) is 4. The number of nitrogens with one attached hydrogen (secondary N) is 1. The SMILES string of the molecule is CN1CCN(c2cccc3ccc(OCCc4cc5c(cc4Cl)NC(=O)C5)cc23)CC1. The highest BCUT2D eigenvalue weighted by Crippen LogP contribution is 2.32. The Labute approximate surface area is 187 Å². The zero-order valence-electron chi connectivity index (χ0n) is 17.7. The zero-order valence-corrected chi connectivity index (χ0v) is 18.4. The highest BCUT2D eigenvalue weighted by atomic mass is 35.5. The quantitative estimate of drug-likeness (QED) is 0.646. The minimum absolute atomic E-state index is 0.0202. The first-order valence-corrected chi connectivity index (χ1v) is 11.1.